The van der Waals surface area contributed by atoms with E-state index in [0.717, 1.165) is 17.8 Å². The molecule has 0 aromatic rings. The van der Waals surface area contributed by atoms with Gasteiger partial charge in [-0.05, 0) is 49.4 Å². The van der Waals surface area contributed by atoms with Gasteiger partial charge in [0.05, 0.1) is 0 Å². The number of rotatable bonds is 14. The number of allylic oxidation sites excluding steroid dienone is 1. The Hall–Kier alpha value is -0.260. The predicted molar refractivity (Wildman–Crippen MR) is 108 cm³/mol. The molecule has 0 saturated carbocycles. The Morgan fingerprint density at radius 3 is 1.96 bits per heavy atom. The molecule has 0 heteroatoms. The van der Waals surface area contributed by atoms with E-state index in [4.69, 9.17) is 0 Å². The molecule has 0 rings (SSSR count). The third-order valence-electron chi connectivity index (χ3n) is 6.35. The van der Waals surface area contributed by atoms with Crippen LogP contribution < -0.4 is 0 Å². The molecule has 0 N–H and O–H groups in total. The third kappa shape index (κ3) is 7.44. The van der Waals surface area contributed by atoms with Crippen molar-refractivity contribution in [1.29, 1.82) is 0 Å². The van der Waals surface area contributed by atoms with Crippen molar-refractivity contribution in [2.45, 2.75) is 113 Å². The highest BCUT2D eigenvalue weighted by Gasteiger charge is 2.37. The van der Waals surface area contributed by atoms with Gasteiger partial charge in [-0.1, -0.05) is 98.6 Å². The maximum atomic E-state index is 4.42. The molecule has 0 heterocycles. The van der Waals surface area contributed by atoms with Crippen LogP contribution in [0, 0.1) is 23.2 Å². The second kappa shape index (κ2) is 12.2. The lowest BCUT2D eigenvalue weighted by atomic mass is 9.61. The van der Waals surface area contributed by atoms with Crippen molar-refractivity contribution in [2.75, 3.05) is 0 Å². The Labute approximate surface area is 148 Å². The van der Waals surface area contributed by atoms with E-state index in [0.29, 0.717) is 5.41 Å². The van der Waals surface area contributed by atoms with Gasteiger partial charge in [0, 0.05) is 0 Å². The van der Waals surface area contributed by atoms with E-state index >= 15 is 0 Å². The fourth-order valence-corrected chi connectivity index (χ4v) is 4.47. The van der Waals surface area contributed by atoms with Crippen LogP contribution in [0.3, 0.4) is 0 Å². The van der Waals surface area contributed by atoms with Crippen LogP contribution in [0.1, 0.15) is 113 Å². The van der Waals surface area contributed by atoms with Crippen LogP contribution in [-0.4, -0.2) is 0 Å². The fraction of sp³-hybridized carbons (Fsp3) is 0.913. The van der Waals surface area contributed by atoms with Gasteiger partial charge < -0.3 is 0 Å². The van der Waals surface area contributed by atoms with Gasteiger partial charge in [0.15, 0.2) is 0 Å². The highest BCUT2D eigenvalue weighted by Crippen LogP contribution is 2.47. The first kappa shape index (κ1) is 22.7. The number of unbranched alkanes of at least 4 members (excludes halogenated alkanes) is 1. The molecule has 0 aliphatic rings. The molecule has 0 aliphatic heterocycles. The van der Waals surface area contributed by atoms with Crippen LogP contribution >= 0.6 is 0 Å². The van der Waals surface area contributed by atoms with Gasteiger partial charge in [-0.25, -0.2) is 0 Å². The maximum absolute atomic E-state index is 4.42. The molecule has 0 radical (unpaired) electrons. The largest absolute Gasteiger partial charge is 0.0996 e. The summed E-state index contributed by atoms with van der Waals surface area (Å²) in [5.74, 6) is 2.58. The fourth-order valence-electron chi connectivity index (χ4n) is 4.47. The summed E-state index contributed by atoms with van der Waals surface area (Å²) in [7, 11) is 0. The minimum atomic E-state index is 0.334. The van der Waals surface area contributed by atoms with Gasteiger partial charge in [-0.15, -0.1) is 0 Å². The molecule has 0 nitrogen and oxygen atoms in total. The van der Waals surface area contributed by atoms with Crippen LogP contribution in [0.2, 0.25) is 0 Å². The molecule has 138 valence electrons. The topological polar surface area (TPSA) is 0 Å². The van der Waals surface area contributed by atoms with Crippen LogP contribution in [0.25, 0.3) is 0 Å². The van der Waals surface area contributed by atoms with Crippen molar-refractivity contribution < 1.29 is 0 Å². The van der Waals surface area contributed by atoms with Gasteiger partial charge in [-0.3, -0.25) is 0 Å². The van der Waals surface area contributed by atoms with E-state index in [9.17, 15) is 0 Å². The van der Waals surface area contributed by atoms with E-state index in [1.807, 2.05) is 0 Å². The molecule has 4 unspecified atom stereocenters. The van der Waals surface area contributed by atoms with Crippen LogP contribution in [0.5, 0.6) is 0 Å². The van der Waals surface area contributed by atoms with Crippen molar-refractivity contribution in [1.82, 2.24) is 0 Å². The maximum Gasteiger partial charge on any atom is -0.00910 e. The average molecular weight is 323 g/mol. The van der Waals surface area contributed by atoms with Crippen molar-refractivity contribution in [3.05, 3.63) is 12.2 Å². The standard InChI is InChI=1S/C23H46/c1-9-13-18-23(8,19(5)6)22(15-11-3)21(12-4)17-16-20(7)14-10-2/h20-22H,5,9-18H2,1-4,6-8H3. The predicted octanol–water partition coefficient (Wildman–Crippen LogP) is 8.42. The molecule has 0 fully saturated rings. The summed E-state index contributed by atoms with van der Waals surface area (Å²) in [6.07, 6.45) is 13.5. The van der Waals surface area contributed by atoms with Crippen LogP contribution in [-0.2, 0) is 0 Å². The Bertz CT molecular complexity index is 303. The molecule has 0 bridgehead atoms. The molecule has 4 atom stereocenters. The summed E-state index contributed by atoms with van der Waals surface area (Å²) in [5.41, 5.74) is 1.75. The van der Waals surface area contributed by atoms with E-state index in [-0.39, 0.29) is 0 Å². The van der Waals surface area contributed by atoms with Crippen LogP contribution in [0.15, 0.2) is 12.2 Å². The normalized spacial score (nSPS) is 18.2. The summed E-state index contributed by atoms with van der Waals surface area (Å²) in [6.45, 7) is 21.1. The third-order valence-corrected chi connectivity index (χ3v) is 6.35. The number of hydrogen-bond donors (Lipinski definition) is 0. The first-order valence-corrected chi connectivity index (χ1v) is 10.5. The second-order valence-corrected chi connectivity index (χ2v) is 8.34. The summed E-state index contributed by atoms with van der Waals surface area (Å²) in [6, 6.07) is 0. The molecule has 0 aromatic carbocycles. The van der Waals surface area contributed by atoms with Gasteiger partial charge in [0.1, 0.15) is 0 Å². The lowest BCUT2D eigenvalue weighted by Gasteiger charge is -2.43. The van der Waals surface area contributed by atoms with Crippen LogP contribution in [0.4, 0.5) is 0 Å². The SMILES string of the molecule is C=C(C)C(C)(CCCC)C(CCC)C(CC)CCC(C)CCC. The van der Waals surface area contributed by atoms with E-state index in [2.05, 4.69) is 55.0 Å². The quantitative estimate of drug-likeness (QED) is 0.281. The zero-order chi connectivity index (χ0) is 17.9. The summed E-state index contributed by atoms with van der Waals surface area (Å²) in [5, 5.41) is 0. The summed E-state index contributed by atoms with van der Waals surface area (Å²) in [4.78, 5) is 0. The summed E-state index contributed by atoms with van der Waals surface area (Å²) < 4.78 is 0. The Balaban J connectivity index is 5.14. The smallest absolute Gasteiger partial charge is 0.00910 e. The van der Waals surface area contributed by atoms with Crippen molar-refractivity contribution >= 4 is 0 Å². The molecule has 23 heavy (non-hydrogen) atoms. The molecule has 0 saturated heterocycles. The van der Waals surface area contributed by atoms with Gasteiger partial charge in [0.2, 0.25) is 0 Å². The molecule has 0 aliphatic carbocycles. The minimum absolute atomic E-state index is 0.334. The zero-order valence-electron chi connectivity index (χ0n) is 17.5. The Morgan fingerprint density at radius 1 is 0.913 bits per heavy atom. The average Bonchev–Trinajstić information content (AvgIpc) is 2.52. The van der Waals surface area contributed by atoms with E-state index < -0.39 is 0 Å². The van der Waals surface area contributed by atoms with Gasteiger partial charge >= 0.3 is 0 Å². The zero-order valence-corrected chi connectivity index (χ0v) is 17.5. The molecule has 0 amide bonds. The van der Waals surface area contributed by atoms with E-state index in [1.165, 1.54) is 69.8 Å². The first-order valence-electron chi connectivity index (χ1n) is 10.5. The van der Waals surface area contributed by atoms with Crippen molar-refractivity contribution in [3.63, 3.8) is 0 Å². The summed E-state index contributed by atoms with van der Waals surface area (Å²) >= 11 is 0. The molecular formula is C23H46. The second-order valence-electron chi connectivity index (χ2n) is 8.34. The molecule has 0 spiro atoms. The van der Waals surface area contributed by atoms with Crippen molar-refractivity contribution in [2.24, 2.45) is 23.2 Å². The highest BCUT2D eigenvalue weighted by atomic mass is 14.4. The minimum Gasteiger partial charge on any atom is -0.0996 e. The Kier molecular flexibility index (Phi) is 12.0. The van der Waals surface area contributed by atoms with E-state index in [1.54, 1.807) is 0 Å². The van der Waals surface area contributed by atoms with Crippen molar-refractivity contribution in [3.8, 4) is 0 Å². The lowest BCUT2D eigenvalue weighted by Crippen LogP contribution is -2.34. The highest BCUT2D eigenvalue weighted by molar-refractivity contribution is 5.09. The molecule has 0 aromatic heterocycles. The van der Waals surface area contributed by atoms with Gasteiger partial charge in [0.25, 0.3) is 0 Å². The number of hydrogen-bond acceptors (Lipinski definition) is 0. The molecular weight excluding hydrogens is 276 g/mol. The monoisotopic (exact) mass is 322 g/mol. The lowest BCUT2D eigenvalue weighted by molar-refractivity contribution is 0.115. The first-order chi connectivity index (χ1) is 10.9. The Morgan fingerprint density at radius 2 is 1.52 bits per heavy atom. The van der Waals surface area contributed by atoms with Gasteiger partial charge in [-0.2, -0.15) is 0 Å².